The molecule has 0 aliphatic rings. The van der Waals surface area contributed by atoms with Crippen LogP contribution in [0.1, 0.15) is 18.1 Å². The summed E-state index contributed by atoms with van der Waals surface area (Å²) in [5.74, 6) is 0.403. The first-order valence-electron chi connectivity index (χ1n) is 8.06. The number of rotatable bonds is 9. The van der Waals surface area contributed by atoms with E-state index in [9.17, 15) is 4.79 Å². The van der Waals surface area contributed by atoms with Gasteiger partial charge in [-0.3, -0.25) is 0 Å². The van der Waals surface area contributed by atoms with Gasteiger partial charge in [-0.15, -0.1) is 0 Å². The van der Waals surface area contributed by atoms with E-state index in [1.54, 1.807) is 26.2 Å². The molecule has 5 heteroatoms. The summed E-state index contributed by atoms with van der Waals surface area (Å²) in [6.45, 7) is 2.60. The molecule has 0 atom stereocenters. The number of hydrogen-bond acceptors (Lipinski definition) is 4. The largest absolute Gasteiger partial charge is 0.497 e. The molecule has 25 heavy (non-hydrogen) atoms. The Morgan fingerprint density at radius 3 is 2.52 bits per heavy atom. The molecule has 0 saturated heterocycles. The fourth-order valence-corrected chi connectivity index (χ4v) is 2.25. The van der Waals surface area contributed by atoms with E-state index in [4.69, 9.17) is 19.3 Å². The quantitative estimate of drug-likeness (QED) is 0.555. The van der Waals surface area contributed by atoms with E-state index in [0.717, 1.165) is 29.0 Å². The van der Waals surface area contributed by atoms with Gasteiger partial charge < -0.3 is 19.3 Å². The Morgan fingerprint density at radius 1 is 1.12 bits per heavy atom. The highest BCUT2D eigenvalue weighted by Gasteiger charge is 2.07. The van der Waals surface area contributed by atoms with Gasteiger partial charge in [0.25, 0.3) is 0 Å². The fourth-order valence-electron chi connectivity index (χ4n) is 2.25. The molecular formula is C20H22O5. The van der Waals surface area contributed by atoms with Gasteiger partial charge >= 0.3 is 5.97 Å². The zero-order valence-electron chi connectivity index (χ0n) is 14.4. The zero-order chi connectivity index (χ0) is 18.1. The minimum atomic E-state index is -1.08. The van der Waals surface area contributed by atoms with Gasteiger partial charge in [-0.25, -0.2) is 4.79 Å². The highest BCUT2D eigenvalue weighted by atomic mass is 16.5. The van der Waals surface area contributed by atoms with Crippen LogP contribution in [0.2, 0.25) is 0 Å². The summed E-state index contributed by atoms with van der Waals surface area (Å²) in [5.41, 5.74) is 1.88. The molecule has 0 heterocycles. The second-order valence-electron chi connectivity index (χ2n) is 5.27. The van der Waals surface area contributed by atoms with Gasteiger partial charge in [0, 0.05) is 6.42 Å². The molecule has 0 unspecified atom stereocenters. The third kappa shape index (κ3) is 5.88. The molecule has 0 aliphatic carbocycles. The molecule has 0 spiro atoms. The van der Waals surface area contributed by atoms with Crippen LogP contribution < -0.4 is 9.47 Å². The standard InChI is InChI=1S/C20H22O5/c1-3-24-19(20(21)22)14-16-7-9-17(10-8-16)25-12-11-15-5-4-6-18(13-15)23-2/h4-10,13-14H,3,11-12H2,1-2H3,(H,21,22)/b19-14-. The van der Waals surface area contributed by atoms with Crippen LogP contribution in [0, 0.1) is 0 Å². The lowest BCUT2D eigenvalue weighted by atomic mass is 10.1. The number of carbonyl (C=O) groups is 1. The topological polar surface area (TPSA) is 65.0 Å². The van der Waals surface area contributed by atoms with Crippen molar-refractivity contribution in [3.05, 3.63) is 65.4 Å². The molecule has 5 nitrogen and oxygen atoms in total. The van der Waals surface area contributed by atoms with Crippen molar-refractivity contribution in [3.63, 3.8) is 0 Å². The van der Waals surface area contributed by atoms with Gasteiger partial charge in [0.15, 0.2) is 0 Å². The Morgan fingerprint density at radius 2 is 1.88 bits per heavy atom. The number of aliphatic carboxylic acids is 1. The lowest BCUT2D eigenvalue weighted by Crippen LogP contribution is -2.04. The highest BCUT2D eigenvalue weighted by Crippen LogP contribution is 2.17. The van der Waals surface area contributed by atoms with E-state index >= 15 is 0 Å². The number of hydrogen-bond donors (Lipinski definition) is 1. The Bertz CT molecular complexity index is 719. The third-order valence-electron chi connectivity index (χ3n) is 3.48. The minimum absolute atomic E-state index is 0.0748. The van der Waals surface area contributed by atoms with Gasteiger partial charge in [0.05, 0.1) is 20.3 Å². The van der Waals surface area contributed by atoms with Crippen molar-refractivity contribution in [2.24, 2.45) is 0 Å². The summed E-state index contributed by atoms with van der Waals surface area (Å²) in [6.07, 6.45) is 2.26. The van der Waals surface area contributed by atoms with Crippen molar-refractivity contribution in [2.45, 2.75) is 13.3 Å². The van der Waals surface area contributed by atoms with Crippen molar-refractivity contribution < 1.29 is 24.1 Å². The van der Waals surface area contributed by atoms with Gasteiger partial charge in [0.1, 0.15) is 11.5 Å². The molecule has 2 aromatic rings. The first kappa shape index (κ1) is 18.4. The van der Waals surface area contributed by atoms with Crippen LogP contribution in [0.25, 0.3) is 6.08 Å². The van der Waals surface area contributed by atoms with Crippen LogP contribution in [-0.4, -0.2) is 31.4 Å². The SMILES string of the molecule is CCO/C(=C\c1ccc(OCCc2cccc(OC)c2)cc1)C(=O)O. The zero-order valence-corrected chi connectivity index (χ0v) is 14.4. The van der Waals surface area contributed by atoms with Gasteiger partial charge in [0.2, 0.25) is 5.76 Å². The molecule has 1 N–H and O–H groups in total. The monoisotopic (exact) mass is 342 g/mol. The second kappa shape index (κ2) is 9.37. The van der Waals surface area contributed by atoms with Crippen molar-refractivity contribution in [2.75, 3.05) is 20.3 Å². The van der Waals surface area contributed by atoms with E-state index in [1.165, 1.54) is 6.08 Å². The number of ether oxygens (including phenoxy) is 3. The summed E-state index contributed by atoms with van der Waals surface area (Å²) >= 11 is 0. The van der Waals surface area contributed by atoms with E-state index < -0.39 is 5.97 Å². The van der Waals surface area contributed by atoms with Crippen LogP contribution in [0.4, 0.5) is 0 Å². The van der Waals surface area contributed by atoms with Crippen LogP contribution in [0.3, 0.4) is 0 Å². The van der Waals surface area contributed by atoms with Crippen LogP contribution >= 0.6 is 0 Å². The molecule has 0 fully saturated rings. The summed E-state index contributed by atoms with van der Waals surface area (Å²) in [6, 6.07) is 15.1. The molecule has 0 aliphatic heterocycles. The molecule has 132 valence electrons. The van der Waals surface area contributed by atoms with Crippen LogP contribution in [-0.2, 0) is 16.0 Å². The fraction of sp³-hybridized carbons (Fsp3) is 0.250. The number of carboxylic acids is 1. The van der Waals surface area contributed by atoms with Crippen molar-refractivity contribution in [1.29, 1.82) is 0 Å². The lowest BCUT2D eigenvalue weighted by molar-refractivity contribution is -0.136. The third-order valence-corrected chi connectivity index (χ3v) is 3.48. The Kier molecular flexibility index (Phi) is 6.89. The molecule has 0 amide bonds. The van der Waals surface area contributed by atoms with Gasteiger partial charge in [-0.05, 0) is 48.4 Å². The van der Waals surface area contributed by atoms with Crippen molar-refractivity contribution >= 4 is 12.0 Å². The highest BCUT2D eigenvalue weighted by molar-refractivity contribution is 5.89. The summed E-state index contributed by atoms with van der Waals surface area (Å²) in [7, 11) is 1.65. The summed E-state index contributed by atoms with van der Waals surface area (Å²) in [5, 5.41) is 9.06. The van der Waals surface area contributed by atoms with E-state index in [0.29, 0.717) is 13.2 Å². The van der Waals surface area contributed by atoms with Crippen LogP contribution in [0.15, 0.2) is 54.3 Å². The number of carboxylic acid groups (broad SMARTS) is 1. The minimum Gasteiger partial charge on any atom is -0.497 e. The number of methoxy groups -OCH3 is 1. The summed E-state index contributed by atoms with van der Waals surface area (Å²) in [4.78, 5) is 11.1. The molecule has 2 rings (SSSR count). The molecular weight excluding hydrogens is 320 g/mol. The maximum Gasteiger partial charge on any atom is 0.371 e. The predicted molar refractivity (Wildman–Crippen MR) is 95.9 cm³/mol. The maximum absolute atomic E-state index is 11.1. The predicted octanol–water partition coefficient (Wildman–Crippen LogP) is 3.78. The van der Waals surface area contributed by atoms with Crippen molar-refractivity contribution in [1.82, 2.24) is 0 Å². The summed E-state index contributed by atoms with van der Waals surface area (Å²) < 4.78 is 16.0. The van der Waals surface area contributed by atoms with E-state index in [-0.39, 0.29) is 5.76 Å². The van der Waals surface area contributed by atoms with Gasteiger partial charge in [-0.1, -0.05) is 24.3 Å². The Balaban J connectivity index is 1.91. The Hall–Kier alpha value is -2.95. The lowest BCUT2D eigenvalue weighted by Gasteiger charge is -2.08. The molecule has 0 radical (unpaired) electrons. The van der Waals surface area contributed by atoms with Gasteiger partial charge in [-0.2, -0.15) is 0 Å². The second-order valence-corrected chi connectivity index (χ2v) is 5.27. The normalized spacial score (nSPS) is 11.0. The number of benzene rings is 2. The smallest absolute Gasteiger partial charge is 0.371 e. The molecule has 2 aromatic carbocycles. The van der Waals surface area contributed by atoms with E-state index in [2.05, 4.69) is 0 Å². The van der Waals surface area contributed by atoms with Crippen molar-refractivity contribution in [3.8, 4) is 11.5 Å². The average Bonchev–Trinajstić information content (AvgIpc) is 2.63. The Labute approximate surface area is 147 Å². The first-order chi connectivity index (χ1) is 12.1. The van der Waals surface area contributed by atoms with Crippen LogP contribution in [0.5, 0.6) is 11.5 Å². The maximum atomic E-state index is 11.1. The molecule has 0 bridgehead atoms. The molecule has 0 saturated carbocycles. The molecule has 0 aromatic heterocycles. The average molecular weight is 342 g/mol. The first-order valence-corrected chi connectivity index (χ1v) is 8.06. The van der Waals surface area contributed by atoms with E-state index in [1.807, 2.05) is 36.4 Å².